The molecule has 4 aliphatic rings. The highest BCUT2D eigenvalue weighted by Gasteiger charge is 2.30. The SMILES string of the molecule is CCOC(=O)CN1CCN(CCCCCc2ccc3c(n2)N(C(=O)OC(C)(C)C)CCC3)CC1=O.CCOC(=O)CN1CCN(CCCCCc2ccc3c(n2)NCCC3)CC1=O.CCOC(C)=O.Cl. The molecule has 392 valence electrons. The molecular formula is C51H81ClN8O10. The number of halogens is 1. The number of fused-ring (bicyclic) bond motifs is 2. The molecule has 0 bridgehead atoms. The highest BCUT2D eigenvalue weighted by Crippen LogP contribution is 2.28. The smallest absolute Gasteiger partial charge is 0.416 e. The standard InChI is InChI=1S/C26H40N4O5.C21H32N4O3.C4H8O2.ClH/c1-5-34-23(32)19-29-17-16-28(18-22(29)31)14-8-6-7-11-21-13-12-20-10-9-15-30(24(20)27-21)25(33)35-26(2,3)4;1-2-28-20(27)16-25-14-13-24(15-19(25)26)12-5-3-4-8-18-10-9-17-7-6-11-22-21(17)23-18;1-3-6-4(2)5;/h12-13H,5-11,14-19H2,1-4H3;9-10H,2-8,11-16H2,1H3,(H,22,23);3H2,1-2H3;1H. The maximum absolute atomic E-state index is 12.7. The number of hydrogen-bond donors (Lipinski definition) is 1. The lowest BCUT2D eigenvalue weighted by Gasteiger charge is -2.33. The number of rotatable bonds is 19. The van der Waals surface area contributed by atoms with Gasteiger partial charge >= 0.3 is 24.0 Å². The summed E-state index contributed by atoms with van der Waals surface area (Å²) >= 11 is 0. The van der Waals surface area contributed by atoms with Crippen molar-refractivity contribution in [2.75, 3.05) is 109 Å². The molecule has 2 aromatic heterocycles. The number of carbonyl (C=O) groups excluding carboxylic acids is 6. The Kier molecular flexibility index (Phi) is 26.5. The minimum Gasteiger partial charge on any atom is -0.466 e. The summed E-state index contributed by atoms with van der Waals surface area (Å²) < 4.78 is 19.8. The van der Waals surface area contributed by atoms with Gasteiger partial charge in [-0.25, -0.2) is 14.8 Å². The Balaban J connectivity index is 0.000000333. The molecule has 6 heterocycles. The molecule has 0 spiro atoms. The Morgan fingerprint density at radius 2 is 1.16 bits per heavy atom. The second-order valence-corrected chi connectivity index (χ2v) is 18.7. The van der Waals surface area contributed by atoms with E-state index in [9.17, 15) is 28.8 Å². The van der Waals surface area contributed by atoms with E-state index >= 15 is 0 Å². The van der Waals surface area contributed by atoms with Crippen LogP contribution in [0.1, 0.15) is 122 Å². The molecule has 18 nitrogen and oxygen atoms in total. The average Bonchev–Trinajstić information content (AvgIpc) is 3.30. The van der Waals surface area contributed by atoms with Crippen LogP contribution in [-0.2, 0) is 68.6 Å². The lowest BCUT2D eigenvalue weighted by Crippen LogP contribution is -2.52. The van der Waals surface area contributed by atoms with Crippen molar-refractivity contribution >= 4 is 59.9 Å². The van der Waals surface area contributed by atoms with Gasteiger partial charge in [0, 0.05) is 57.6 Å². The van der Waals surface area contributed by atoms with E-state index in [4.69, 9.17) is 24.2 Å². The molecular weight excluding hydrogens is 920 g/mol. The molecule has 4 aliphatic heterocycles. The zero-order valence-electron chi connectivity index (χ0n) is 43.0. The fourth-order valence-electron chi connectivity index (χ4n) is 8.42. The third-order valence-corrected chi connectivity index (χ3v) is 11.9. The molecule has 1 N–H and O–H groups in total. The predicted molar refractivity (Wildman–Crippen MR) is 271 cm³/mol. The highest BCUT2D eigenvalue weighted by atomic mass is 35.5. The van der Waals surface area contributed by atoms with Crippen LogP contribution in [0.15, 0.2) is 24.3 Å². The number of amides is 3. The number of nitrogens with one attached hydrogen (secondary N) is 1. The van der Waals surface area contributed by atoms with Crippen molar-refractivity contribution in [2.24, 2.45) is 0 Å². The summed E-state index contributed by atoms with van der Waals surface area (Å²) in [6.07, 6.45) is 12.0. The first-order valence-corrected chi connectivity index (χ1v) is 25.3. The molecule has 6 rings (SSSR count). The van der Waals surface area contributed by atoms with Gasteiger partial charge in [-0.1, -0.05) is 25.0 Å². The first-order valence-electron chi connectivity index (χ1n) is 25.3. The van der Waals surface area contributed by atoms with E-state index in [1.807, 2.05) is 20.8 Å². The summed E-state index contributed by atoms with van der Waals surface area (Å²) in [5.74, 6) is 0.930. The number of ether oxygens (including phenoxy) is 4. The van der Waals surface area contributed by atoms with Crippen LogP contribution in [0.5, 0.6) is 0 Å². The number of nitrogens with zero attached hydrogens (tertiary/aromatic N) is 7. The summed E-state index contributed by atoms with van der Waals surface area (Å²) in [5, 5.41) is 3.39. The van der Waals surface area contributed by atoms with Gasteiger partial charge in [0.25, 0.3) is 0 Å². The van der Waals surface area contributed by atoms with Crippen LogP contribution in [0.2, 0.25) is 0 Å². The van der Waals surface area contributed by atoms with Crippen LogP contribution in [0.3, 0.4) is 0 Å². The number of hydrogen-bond acceptors (Lipinski definition) is 15. The lowest BCUT2D eigenvalue weighted by atomic mass is 10.0. The van der Waals surface area contributed by atoms with Gasteiger partial charge < -0.3 is 34.1 Å². The van der Waals surface area contributed by atoms with E-state index < -0.39 is 5.60 Å². The van der Waals surface area contributed by atoms with Crippen molar-refractivity contribution in [3.63, 3.8) is 0 Å². The van der Waals surface area contributed by atoms with Crippen LogP contribution in [-0.4, -0.2) is 169 Å². The zero-order chi connectivity index (χ0) is 50.2. The normalized spacial score (nSPS) is 15.9. The molecule has 0 aromatic carbocycles. The molecule has 2 aromatic rings. The Bertz CT molecular complexity index is 1980. The van der Waals surface area contributed by atoms with Gasteiger partial charge in [-0.3, -0.25) is 38.7 Å². The van der Waals surface area contributed by atoms with Gasteiger partial charge in [-0.15, -0.1) is 12.4 Å². The fourth-order valence-corrected chi connectivity index (χ4v) is 8.42. The van der Waals surface area contributed by atoms with Gasteiger partial charge in [0.15, 0.2) is 0 Å². The van der Waals surface area contributed by atoms with E-state index in [0.717, 1.165) is 132 Å². The fraction of sp³-hybridized carbons (Fsp3) is 0.686. The van der Waals surface area contributed by atoms with Crippen molar-refractivity contribution in [3.05, 3.63) is 46.8 Å². The number of esters is 3. The lowest BCUT2D eigenvalue weighted by molar-refractivity contribution is -0.151. The Hall–Kier alpha value is -5.07. The summed E-state index contributed by atoms with van der Waals surface area (Å²) in [6.45, 7) is 20.6. The summed E-state index contributed by atoms with van der Waals surface area (Å²) in [5.41, 5.74) is 4.04. The number of pyridine rings is 2. The van der Waals surface area contributed by atoms with E-state index in [-0.39, 0.29) is 61.3 Å². The van der Waals surface area contributed by atoms with Gasteiger partial charge in [0.2, 0.25) is 11.8 Å². The minimum absolute atomic E-state index is 0. The van der Waals surface area contributed by atoms with Crippen molar-refractivity contribution in [3.8, 4) is 0 Å². The van der Waals surface area contributed by atoms with Crippen LogP contribution in [0.25, 0.3) is 0 Å². The second kappa shape index (κ2) is 31.3. The van der Waals surface area contributed by atoms with Gasteiger partial charge in [-0.2, -0.15) is 0 Å². The van der Waals surface area contributed by atoms with Gasteiger partial charge in [-0.05, 0) is 142 Å². The van der Waals surface area contributed by atoms with E-state index in [1.54, 1.807) is 35.5 Å². The van der Waals surface area contributed by atoms with Crippen LogP contribution in [0, 0.1) is 0 Å². The van der Waals surface area contributed by atoms with Crippen molar-refractivity contribution in [1.29, 1.82) is 0 Å². The number of anilines is 2. The molecule has 0 atom stereocenters. The second-order valence-electron chi connectivity index (χ2n) is 18.7. The summed E-state index contributed by atoms with van der Waals surface area (Å²) in [4.78, 5) is 88.9. The third kappa shape index (κ3) is 21.5. The van der Waals surface area contributed by atoms with E-state index in [0.29, 0.717) is 52.5 Å². The number of aromatic nitrogens is 2. The molecule has 0 saturated carbocycles. The molecule has 2 fully saturated rings. The largest absolute Gasteiger partial charge is 0.466 e. The topological polar surface area (TPSA) is 193 Å². The van der Waals surface area contributed by atoms with E-state index in [1.165, 1.54) is 18.9 Å². The third-order valence-electron chi connectivity index (χ3n) is 11.9. The molecule has 2 saturated heterocycles. The maximum Gasteiger partial charge on any atom is 0.416 e. The Morgan fingerprint density at radius 1 is 0.643 bits per heavy atom. The van der Waals surface area contributed by atoms with Crippen LogP contribution < -0.4 is 10.2 Å². The minimum atomic E-state index is -0.537. The van der Waals surface area contributed by atoms with Gasteiger partial charge in [0.1, 0.15) is 30.3 Å². The van der Waals surface area contributed by atoms with Crippen LogP contribution in [0.4, 0.5) is 16.4 Å². The molecule has 70 heavy (non-hydrogen) atoms. The quantitative estimate of drug-likeness (QED) is 0.0972. The first-order chi connectivity index (χ1) is 33.1. The monoisotopic (exact) mass is 1000 g/mol. The number of aryl methyl sites for hydroxylation is 4. The molecule has 0 radical (unpaired) electrons. The number of piperazine rings is 2. The molecule has 3 amide bonds. The van der Waals surface area contributed by atoms with Crippen LogP contribution >= 0.6 is 12.4 Å². The number of carbonyl (C=O) groups is 6. The Labute approximate surface area is 422 Å². The van der Waals surface area contributed by atoms with E-state index in [2.05, 4.69) is 44.1 Å². The first kappa shape index (κ1) is 59.2. The molecule has 19 heteroatoms. The van der Waals surface area contributed by atoms with Gasteiger partial charge in [0.05, 0.1) is 32.9 Å². The number of unbranched alkanes of at least 4 members (excludes halogenated alkanes) is 4. The zero-order valence-corrected chi connectivity index (χ0v) is 43.8. The average molecular weight is 1000 g/mol. The predicted octanol–water partition coefficient (Wildman–Crippen LogP) is 6.04. The highest BCUT2D eigenvalue weighted by molar-refractivity contribution is 5.88. The summed E-state index contributed by atoms with van der Waals surface area (Å²) in [7, 11) is 0. The summed E-state index contributed by atoms with van der Waals surface area (Å²) in [6, 6.07) is 8.53. The van der Waals surface area contributed by atoms with Crippen molar-refractivity contribution < 1.29 is 47.7 Å². The molecule has 0 aliphatic carbocycles. The molecule has 0 unspecified atom stereocenters. The maximum atomic E-state index is 12.7. The Morgan fingerprint density at radius 3 is 1.64 bits per heavy atom. The van der Waals surface area contributed by atoms with Crippen molar-refractivity contribution in [2.45, 2.75) is 131 Å². The van der Waals surface area contributed by atoms with Crippen molar-refractivity contribution in [1.82, 2.24) is 29.6 Å².